The van der Waals surface area contributed by atoms with Crippen molar-refractivity contribution in [3.8, 4) is 11.6 Å². The molecule has 190 valence electrons. The maximum absolute atomic E-state index is 13.4. The third-order valence-electron chi connectivity index (χ3n) is 5.40. The van der Waals surface area contributed by atoms with Gasteiger partial charge in [-0.3, -0.25) is 4.98 Å². The Morgan fingerprint density at radius 3 is 2.33 bits per heavy atom. The number of methoxy groups -OCH3 is 1. The van der Waals surface area contributed by atoms with Crippen molar-refractivity contribution in [2.75, 3.05) is 13.7 Å². The molecule has 7 nitrogen and oxygen atoms in total. The number of alkyl halides is 6. The van der Waals surface area contributed by atoms with E-state index in [-0.39, 0.29) is 39.4 Å². The van der Waals surface area contributed by atoms with Crippen molar-refractivity contribution in [1.82, 2.24) is 19.5 Å². The van der Waals surface area contributed by atoms with E-state index in [0.717, 1.165) is 12.3 Å². The maximum atomic E-state index is 13.4. The van der Waals surface area contributed by atoms with Crippen molar-refractivity contribution in [2.45, 2.75) is 18.0 Å². The number of nitrogens with zero attached hydrogens (tertiary/aromatic N) is 4. The summed E-state index contributed by atoms with van der Waals surface area (Å²) in [6.45, 7) is -1.59. The molecule has 0 bridgehead atoms. The molecule has 13 heteroatoms. The van der Waals surface area contributed by atoms with Gasteiger partial charge in [0, 0.05) is 18.6 Å². The van der Waals surface area contributed by atoms with E-state index in [1.165, 1.54) is 54.5 Å². The fourth-order valence-electron chi connectivity index (χ4n) is 3.75. The molecular formula is C23H18F6N4O3. The predicted octanol–water partition coefficient (Wildman–Crippen LogP) is 4.62. The average molecular weight is 512 g/mol. The van der Waals surface area contributed by atoms with Crippen LogP contribution >= 0.6 is 0 Å². The number of aliphatic hydroxyl groups is 1. The Morgan fingerprint density at radius 1 is 1.00 bits per heavy atom. The van der Waals surface area contributed by atoms with Gasteiger partial charge in [-0.25, -0.2) is 9.97 Å². The first-order chi connectivity index (χ1) is 16.8. The molecule has 3 heterocycles. The highest BCUT2D eigenvalue weighted by Gasteiger charge is 2.40. The van der Waals surface area contributed by atoms with E-state index in [1.807, 2.05) is 0 Å². The molecule has 0 amide bonds. The molecule has 1 atom stereocenters. The van der Waals surface area contributed by atoms with Gasteiger partial charge in [0.1, 0.15) is 5.69 Å². The van der Waals surface area contributed by atoms with Gasteiger partial charge in [0.2, 0.25) is 0 Å². The summed E-state index contributed by atoms with van der Waals surface area (Å²) in [6.07, 6.45) is -5.79. The highest BCUT2D eigenvalue weighted by molar-refractivity contribution is 5.82. The number of aryl methyl sites for hydroxylation is 1. The monoisotopic (exact) mass is 512 g/mol. The number of hydrogen-bond acceptors (Lipinski definition) is 6. The SMILES string of the molecule is COc1nc2ccc(C(O)(c3ccnc(C(F)(F)F)c3)c3cncn3C)cc2cc1OCC(F)(F)F. The molecule has 0 radical (unpaired) electrons. The lowest BCUT2D eigenvalue weighted by Gasteiger charge is -2.30. The van der Waals surface area contributed by atoms with E-state index in [2.05, 4.69) is 15.0 Å². The fourth-order valence-corrected chi connectivity index (χ4v) is 3.75. The molecule has 1 N–H and O–H groups in total. The zero-order valence-electron chi connectivity index (χ0n) is 18.7. The van der Waals surface area contributed by atoms with Gasteiger partial charge < -0.3 is 19.1 Å². The summed E-state index contributed by atoms with van der Waals surface area (Å²) in [5.74, 6) is -0.489. The summed E-state index contributed by atoms with van der Waals surface area (Å²) in [7, 11) is 2.77. The molecular weight excluding hydrogens is 494 g/mol. The number of imidazole rings is 1. The molecule has 0 spiro atoms. The summed E-state index contributed by atoms with van der Waals surface area (Å²) >= 11 is 0. The number of ether oxygens (including phenoxy) is 2. The first kappa shape index (κ1) is 25.2. The van der Waals surface area contributed by atoms with Crippen LogP contribution in [0, 0.1) is 0 Å². The number of halogens is 6. The van der Waals surface area contributed by atoms with E-state index in [9.17, 15) is 31.4 Å². The molecule has 1 aromatic carbocycles. The first-order valence-electron chi connectivity index (χ1n) is 10.2. The predicted molar refractivity (Wildman–Crippen MR) is 114 cm³/mol. The average Bonchev–Trinajstić information content (AvgIpc) is 3.26. The number of rotatable bonds is 6. The third-order valence-corrected chi connectivity index (χ3v) is 5.40. The Balaban J connectivity index is 1.91. The molecule has 0 aliphatic rings. The molecule has 4 rings (SSSR count). The van der Waals surface area contributed by atoms with Gasteiger partial charge in [-0.1, -0.05) is 6.07 Å². The van der Waals surface area contributed by atoms with Crippen LogP contribution in [0.4, 0.5) is 26.3 Å². The molecule has 0 fully saturated rings. The summed E-state index contributed by atoms with van der Waals surface area (Å²) < 4.78 is 89.5. The second-order valence-electron chi connectivity index (χ2n) is 7.83. The first-order valence-corrected chi connectivity index (χ1v) is 10.2. The minimum absolute atomic E-state index is 0.103. The van der Waals surface area contributed by atoms with Crippen LogP contribution in [0.2, 0.25) is 0 Å². The smallest absolute Gasteiger partial charge is 0.433 e. The lowest BCUT2D eigenvalue weighted by Crippen LogP contribution is -2.31. The Hall–Kier alpha value is -3.87. The van der Waals surface area contributed by atoms with Gasteiger partial charge in [0.25, 0.3) is 5.88 Å². The zero-order chi connectivity index (χ0) is 26.3. The van der Waals surface area contributed by atoms with E-state index < -0.39 is 30.3 Å². The fraction of sp³-hybridized carbons (Fsp3) is 0.261. The van der Waals surface area contributed by atoms with Crippen LogP contribution in [-0.2, 0) is 18.8 Å². The Labute approximate surface area is 200 Å². The Bertz CT molecular complexity index is 1400. The Morgan fingerprint density at radius 2 is 1.72 bits per heavy atom. The van der Waals surface area contributed by atoms with Crippen molar-refractivity contribution in [1.29, 1.82) is 0 Å². The summed E-state index contributed by atoms with van der Waals surface area (Å²) in [5.41, 5.74) is -2.98. The van der Waals surface area contributed by atoms with Crippen LogP contribution in [0.3, 0.4) is 0 Å². The molecule has 3 aromatic heterocycles. The number of pyridine rings is 2. The van der Waals surface area contributed by atoms with Gasteiger partial charge in [-0.05, 0) is 41.5 Å². The molecule has 0 saturated carbocycles. The van der Waals surface area contributed by atoms with Crippen molar-refractivity contribution in [2.24, 2.45) is 7.05 Å². The topological polar surface area (TPSA) is 82.3 Å². The van der Waals surface area contributed by atoms with Crippen molar-refractivity contribution in [3.63, 3.8) is 0 Å². The van der Waals surface area contributed by atoms with E-state index in [0.29, 0.717) is 0 Å². The summed E-state index contributed by atoms with van der Waals surface area (Å²) in [4.78, 5) is 11.5. The van der Waals surface area contributed by atoms with Crippen molar-refractivity contribution < 1.29 is 40.9 Å². The molecule has 36 heavy (non-hydrogen) atoms. The lowest BCUT2D eigenvalue weighted by atomic mass is 9.83. The van der Waals surface area contributed by atoms with Gasteiger partial charge in [-0.2, -0.15) is 26.3 Å². The van der Waals surface area contributed by atoms with E-state index in [4.69, 9.17) is 9.47 Å². The van der Waals surface area contributed by atoms with Crippen LogP contribution in [0.5, 0.6) is 11.6 Å². The van der Waals surface area contributed by atoms with Crippen LogP contribution in [-0.4, -0.2) is 44.5 Å². The van der Waals surface area contributed by atoms with Crippen molar-refractivity contribution in [3.05, 3.63) is 77.6 Å². The summed E-state index contributed by atoms with van der Waals surface area (Å²) in [6, 6.07) is 7.48. The Kier molecular flexibility index (Phi) is 6.29. The van der Waals surface area contributed by atoms with E-state index in [1.54, 1.807) is 7.05 Å². The summed E-state index contributed by atoms with van der Waals surface area (Å²) in [5, 5.41) is 12.2. The zero-order valence-corrected chi connectivity index (χ0v) is 18.7. The third kappa shape index (κ3) is 4.78. The second kappa shape index (κ2) is 8.97. The highest BCUT2D eigenvalue weighted by Crippen LogP contribution is 2.40. The molecule has 0 aliphatic carbocycles. The van der Waals surface area contributed by atoms with Gasteiger partial charge in [-0.15, -0.1) is 0 Å². The van der Waals surface area contributed by atoms with Crippen LogP contribution in [0.1, 0.15) is 22.5 Å². The van der Waals surface area contributed by atoms with Crippen LogP contribution < -0.4 is 9.47 Å². The number of aromatic nitrogens is 4. The number of benzene rings is 1. The van der Waals surface area contributed by atoms with Crippen molar-refractivity contribution >= 4 is 10.9 Å². The molecule has 4 aromatic rings. The molecule has 0 saturated heterocycles. The highest BCUT2D eigenvalue weighted by atomic mass is 19.4. The minimum atomic E-state index is -4.77. The number of hydrogen-bond donors (Lipinski definition) is 1. The number of fused-ring (bicyclic) bond motifs is 1. The van der Waals surface area contributed by atoms with Crippen LogP contribution in [0.25, 0.3) is 10.9 Å². The van der Waals surface area contributed by atoms with Crippen LogP contribution in [0.15, 0.2) is 55.1 Å². The maximum Gasteiger partial charge on any atom is 0.433 e. The van der Waals surface area contributed by atoms with Gasteiger partial charge in [0.15, 0.2) is 18.0 Å². The van der Waals surface area contributed by atoms with Gasteiger partial charge in [0.05, 0.1) is 30.8 Å². The minimum Gasteiger partial charge on any atom is -0.478 e. The quantitative estimate of drug-likeness (QED) is 0.380. The van der Waals surface area contributed by atoms with E-state index >= 15 is 0 Å². The standard InChI is InChI=1S/C23H18F6N4O3/c1-33-12-30-10-19(33)22(34,15-5-6-31-18(9-15)23(27,28)29)14-3-4-16-13(7-14)8-17(20(32-16)35-2)36-11-21(24,25)26/h3-10,12,34H,11H2,1-2H3. The second-order valence-corrected chi connectivity index (χ2v) is 7.83. The largest absolute Gasteiger partial charge is 0.478 e. The normalized spacial score (nSPS) is 14.0. The molecule has 0 aliphatic heterocycles. The molecule has 1 unspecified atom stereocenters. The van der Waals surface area contributed by atoms with Gasteiger partial charge >= 0.3 is 12.4 Å². The lowest BCUT2D eigenvalue weighted by molar-refractivity contribution is -0.153.